The fourth-order valence-corrected chi connectivity index (χ4v) is 6.34. The van der Waals surface area contributed by atoms with Crippen molar-refractivity contribution in [3.63, 3.8) is 0 Å². The Morgan fingerprint density at radius 1 is 1.06 bits per heavy atom. The monoisotopic (exact) mass is 547 g/mol. The lowest BCUT2D eigenvalue weighted by molar-refractivity contribution is -0.137. The van der Waals surface area contributed by atoms with Crippen molar-refractivity contribution >= 4 is 39.2 Å². The number of aliphatic carboxylic acids is 1. The van der Waals surface area contributed by atoms with Crippen LogP contribution in [0.3, 0.4) is 0 Å². The van der Waals surface area contributed by atoms with E-state index in [1.165, 1.54) is 6.07 Å². The first-order chi connectivity index (χ1) is 16.8. The van der Waals surface area contributed by atoms with Crippen LogP contribution in [0.2, 0.25) is 10.0 Å². The predicted molar refractivity (Wildman–Crippen MR) is 141 cm³/mol. The molecular weight excluding hydrogens is 521 g/mol. The van der Waals surface area contributed by atoms with Gasteiger partial charge in [0.1, 0.15) is 17.9 Å². The summed E-state index contributed by atoms with van der Waals surface area (Å²) in [6.07, 6.45) is 1.44. The number of halogens is 2. The van der Waals surface area contributed by atoms with Crippen molar-refractivity contribution in [1.82, 2.24) is 4.31 Å². The zero-order valence-electron chi connectivity index (χ0n) is 20.2. The maximum absolute atomic E-state index is 13.5. The number of fused-ring (bicyclic) bond motifs is 1. The summed E-state index contributed by atoms with van der Waals surface area (Å²) in [6, 6.07) is 15.5. The van der Waals surface area contributed by atoms with Crippen LogP contribution in [0.25, 0.3) is 11.1 Å². The van der Waals surface area contributed by atoms with Crippen molar-refractivity contribution in [2.45, 2.75) is 50.7 Å². The number of hydrogen-bond donors (Lipinski definition) is 1. The van der Waals surface area contributed by atoms with Gasteiger partial charge in [0.2, 0.25) is 10.0 Å². The van der Waals surface area contributed by atoms with Gasteiger partial charge in [-0.15, -0.1) is 0 Å². The standard InChI is InChI=1S/C27H27Cl2NO5S/c1-17-10-18(4-6-24(17)20-11-21(28)14-22(29)12-20)15-30(16-26(31)32)36(33,34)23-5-7-25-19(13-23)8-9-27(2,3)35-25/h4-7,10-14H,8-9,15-16H2,1-3H3,(H,31,32). The molecule has 0 aliphatic carbocycles. The highest BCUT2D eigenvalue weighted by atomic mass is 35.5. The van der Waals surface area contributed by atoms with E-state index in [2.05, 4.69) is 0 Å². The largest absolute Gasteiger partial charge is 0.488 e. The summed E-state index contributed by atoms with van der Waals surface area (Å²) in [5, 5.41) is 10.5. The quantitative estimate of drug-likeness (QED) is 0.372. The highest BCUT2D eigenvalue weighted by molar-refractivity contribution is 7.89. The van der Waals surface area contributed by atoms with Crippen molar-refractivity contribution < 1.29 is 23.1 Å². The summed E-state index contributed by atoms with van der Waals surface area (Å²) in [5.74, 6) is -0.578. The molecular formula is C27H27Cl2NO5S. The minimum absolute atomic E-state index is 0.0488. The first-order valence-electron chi connectivity index (χ1n) is 11.4. The Morgan fingerprint density at radius 3 is 2.39 bits per heavy atom. The molecule has 0 unspecified atom stereocenters. The molecule has 0 spiro atoms. The first-order valence-corrected chi connectivity index (χ1v) is 13.6. The van der Waals surface area contributed by atoms with E-state index >= 15 is 0 Å². The highest BCUT2D eigenvalue weighted by Gasteiger charge is 2.31. The van der Waals surface area contributed by atoms with Crippen LogP contribution in [0.4, 0.5) is 0 Å². The van der Waals surface area contributed by atoms with Crippen molar-refractivity contribution in [2.24, 2.45) is 0 Å². The third kappa shape index (κ3) is 5.86. The van der Waals surface area contributed by atoms with Crippen LogP contribution in [0.5, 0.6) is 5.75 Å². The van der Waals surface area contributed by atoms with Gasteiger partial charge in [-0.1, -0.05) is 41.4 Å². The van der Waals surface area contributed by atoms with Crippen LogP contribution in [0.1, 0.15) is 37.0 Å². The number of sulfonamides is 1. The van der Waals surface area contributed by atoms with Gasteiger partial charge in [-0.25, -0.2) is 8.42 Å². The van der Waals surface area contributed by atoms with Crippen molar-refractivity contribution in [3.8, 4) is 16.9 Å². The Hall–Kier alpha value is -2.58. The van der Waals surface area contributed by atoms with E-state index in [4.69, 9.17) is 27.9 Å². The SMILES string of the molecule is Cc1cc(CN(CC(=O)O)S(=O)(=O)c2ccc3c(c2)CCC(C)(C)O3)ccc1-c1cc(Cl)cc(Cl)c1. The fourth-order valence-electron chi connectivity index (χ4n) is 4.38. The predicted octanol–water partition coefficient (Wildman–Crippen LogP) is 6.35. The summed E-state index contributed by atoms with van der Waals surface area (Å²) in [7, 11) is -4.08. The topological polar surface area (TPSA) is 83.9 Å². The van der Waals surface area contributed by atoms with Crippen LogP contribution in [0.15, 0.2) is 59.5 Å². The average Bonchev–Trinajstić information content (AvgIpc) is 2.76. The molecule has 0 saturated carbocycles. The number of carboxylic acids is 1. The van der Waals surface area contributed by atoms with Crippen LogP contribution in [-0.2, 0) is 27.8 Å². The second-order valence-corrected chi connectivity index (χ2v) is 12.4. The van der Waals surface area contributed by atoms with Crippen molar-refractivity contribution in [1.29, 1.82) is 0 Å². The molecule has 1 heterocycles. The fraction of sp³-hybridized carbons (Fsp3) is 0.296. The zero-order chi connectivity index (χ0) is 26.3. The lowest BCUT2D eigenvalue weighted by Gasteiger charge is -2.33. The molecule has 3 aromatic carbocycles. The second-order valence-electron chi connectivity index (χ2n) is 9.61. The van der Waals surface area contributed by atoms with E-state index in [0.29, 0.717) is 27.8 Å². The van der Waals surface area contributed by atoms with E-state index in [1.54, 1.807) is 36.4 Å². The van der Waals surface area contributed by atoms with Gasteiger partial charge in [-0.05, 0) is 97.8 Å². The number of aryl methyl sites for hydroxylation is 2. The van der Waals surface area contributed by atoms with Gasteiger partial charge < -0.3 is 9.84 Å². The molecule has 0 saturated heterocycles. The summed E-state index contributed by atoms with van der Waals surface area (Å²) < 4.78 is 34.0. The molecule has 6 nitrogen and oxygen atoms in total. The Kier molecular flexibility index (Phi) is 7.40. The molecule has 0 amide bonds. The van der Waals surface area contributed by atoms with Gasteiger partial charge >= 0.3 is 5.97 Å². The Labute approximate surface area is 221 Å². The van der Waals surface area contributed by atoms with E-state index in [-0.39, 0.29) is 17.0 Å². The maximum Gasteiger partial charge on any atom is 0.318 e. The third-order valence-corrected chi connectivity index (χ3v) is 8.41. The Morgan fingerprint density at radius 2 is 1.75 bits per heavy atom. The van der Waals surface area contributed by atoms with Gasteiger partial charge in [0.15, 0.2) is 0 Å². The molecule has 3 aromatic rings. The normalized spacial score (nSPS) is 14.8. The van der Waals surface area contributed by atoms with Crippen LogP contribution in [0, 0.1) is 6.92 Å². The molecule has 0 fully saturated rings. The van der Waals surface area contributed by atoms with Crippen LogP contribution < -0.4 is 4.74 Å². The Balaban J connectivity index is 1.64. The molecule has 36 heavy (non-hydrogen) atoms. The summed E-state index contributed by atoms with van der Waals surface area (Å²) >= 11 is 12.3. The maximum atomic E-state index is 13.5. The molecule has 0 atom stereocenters. The molecule has 0 radical (unpaired) electrons. The van der Waals surface area contributed by atoms with Gasteiger partial charge in [-0.2, -0.15) is 4.31 Å². The van der Waals surface area contributed by atoms with Crippen molar-refractivity contribution in [3.05, 3.63) is 81.3 Å². The van der Waals surface area contributed by atoms with Crippen molar-refractivity contribution in [2.75, 3.05) is 6.54 Å². The number of carboxylic acid groups (broad SMARTS) is 1. The van der Waals surface area contributed by atoms with Gasteiger partial charge in [-0.3, -0.25) is 4.79 Å². The minimum Gasteiger partial charge on any atom is -0.488 e. The molecule has 1 aliphatic rings. The highest BCUT2D eigenvalue weighted by Crippen LogP contribution is 2.35. The van der Waals surface area contributed by atoms with Crippen LogP contribution >= 0.6 is 23.2 Å². The molecule has 4 rings (SSSR count). The first kappa shape index (κ1) is 26.5. The number of ether oxygens (including phenoxy) is 1. The summed E-state index contributed by atoms with van der Waals surface area (Å²) in [6.45, 7) is 5.13. The summed E-state index contributed by atoms with van der Waals surface area (Å²) in [5.41, 5.74) is 3.76. The smallest absolute Gasteiger partial charge is 0.318 e. The van der Waals surface area contributed by atoms with Gasteiger partial charge in [0, 0.05) is 16.6 Å². The number of benzene rings is 3. The number of rotatable bonds is 7. The Bertz CT molecular complexity index is 1420. The summed E-state index contributed by atoms with van der Waals surface area (Å²) in [4.78, 5) is 11.6. The number of nitrogens with zero attached hydrogens (tertiary/aromatic N) is 1. The van der Waals surface area contributed by atoms with E-state index in [1.807, 2.05) is 32.9 Å². The molecule has 9 heteroatoms. The van der Waals surface area contributed by atoms with Gasteiger partial charge in [0.25, 0.3) is 0 Å². The van der Waals surface area contributed by atoms with E-state index in [0.717, 1.165) is 33.0 Å². The van der Waals surface area contributed by atoms with E-state index < -0.39 is 22.5 Å². The van der Waals surface area contributed by atoms with Crippen LogP contribution in [-0.4, -0.2) is 35.9 Å². The number of carbonyl (C=O) groups is 1. The lowest BCUT2D eigenvalue weighted by atomic mass is 9.94. The average molecular weight is 548 g/mol. The molecule has 1 aliphatic heterocycles. The third-order valence-electron chi connectivity index (χ3n) is 6.19. The second kappa shape index (κ2) is 10.1. The molecule has 0 aromatic heterocycles. The molecule has 1 N–H and O–H groups in total. The van der Waals surface area contributed by atoms with Gasteiger partial charge in [0.05, 0.1) is 4.90 Å². The minimum atomic E-state index is -4.08. The van der Waals surface area contributed by atoms with E-state index in [9.17, 15) is 18.3 Å². The molecule has 0 bridgehead atoms. The molecule has 190 valence electrons. The zero-order valence-corrected chi connectivity index (χ0v) is 22.5. The number of hydrogen-bond acceptors (Lipinski definition) is 4. The lowest BCUT2D eigenvalue weighted by Crippen LogP contribution is -2.36.